The summed E-state index contributed by atoms with van der Waals surface area (Å²) in [7, 11) is 2.17. The van der Waals surface area contributed by atoms with Crippen LogP contribution < -0.4 is 10.5 Å². The minimum absolute atomic E-state index is 0. The fraction of sp³-hybridized carbons (Fsp3) is 0.286. The molecule has 35 heavy (non-hydrogen) atoms. The highest BCUT2D eigenvalue weighted by atomic mass is 35.5. The maximum atomic E-state index is 6.13. The van der Waals surface area contributed by atoms with Crippen LogP contribution in [-0.4, -0.2) is 41.6 Å². The number of nitrogens with two attached hydrogens (primary N) is 1. The molecule has 2 N–H and O–H groups in total. The molecule has 1 fully saturated rings. The topological polar surface area (TPSA) is 77.4 Å². The third-order valence-corrected chi connectivity index (χ3v) is 6.53. The third kappa shape index (κ3) is 5.90. The van der Waals surface area contributed by atoms with Crippen molar-refractivity contribution in [2.24, 2.45) is 11.7 Å². The molecule has 0 amide bonds. The van der Waals surface area contributed by atoms with Crippen molar-refractivity contribution in [3.8, 4) is 39.5 Å². The number of aromatic nitrogens is 2. The Morgan fingerprint density at radius 2 is 1.57 bits per heavy atom. The Kier molecular flexibility index (Phi) is 8.18. The Morgan fingerprint density at radius 3 is 2.23 bits per heavy atom. The molecule has 2 aromatic heterocycles. The first kappa shape index (κ1) is 24.9. The van der Waals surface area contributed by atoms with Crippen LogP contribution in [0.2, 0.25) is 0 Å². The number of hydrogen-bond donors (Lipinski definition) is 1. The van der Waals surface area contributed by atoms with Crippen molar-refractivity contribution in [1.29, 1.82) is 0 Å². The summed E-state index contributed by atoms with van der Waals surface area (Å²) in [6.07, 6.45) is 7.47. The molecular formula is C28H31ClN4O2. The summed E-state index contributed by atoms with van der Waals surface area (Å²) < 4.78 is 11.4. The average Bonchev–Trinajstić information content (AvgIpc) is 3.44. The van der Waals surface area contributed by atoms with Crippen LogP contribution >= 0.6 is 12.4 Å². The number of furan rings is 1. The Labute approximate surface area is 212 Å². The second kappa shape index (κ2) is 11.5. The largest absolute Gasteiger partial charge is 0.476 e. The molecule has 0 saturated carbocycles. The lowest BCUT2D eigenvalue weighted by molar-refractivity contribution is 0.157. The standard InChI is InChI=1S/C28H30N4O2.ClH/c1-32-13-10-21(11-14-32)18-34-26-17-30-27(23-4-2-20(16-29)3-5-23)28(31-26)24-8-6-22(7-9-24)25-12-15-33-19-25;/h2-9,12,15,17,19,21H,10-11,13-14,16,18,29H2,1H3;1H. The van der Waals surface area contributed by atoms with Crippen molar-refractivity contribution >= 4 is 12.4 Å². The van der Waals surface area contributed by atoms with Gasteiger partial charge >= 0.3 is 0 Å². The van der Waals surface area contributed by atoms with Crippen molar-refractivity contribution in [3.63, 3.8) is 0 Å². The fourth-order valence-corrected chi connectivity index (χ4v) is 4.33. The maximum Gasteiger partial charge on any atom is 0.232 e. The summed E-state index contributed by atoms with van der Waals surface area (Å²) in [5, 5.41) is 0. The first-order valence-electron chi connectivity index (χ1n) is 11.8. The van der Waals surface area contributed by atoms with E-state index in [1.165, 1.54) is 0 Å². The molecule has 0 spiro atoms. The lowest BCUT2D eigenvalue weighted by Crippen LogP contribution is -2.32. The van der Waals surface area contributed by atoms with E-state index in [-0.39, 0.29) is 12.4 Å². The number of likely N-dealkylation sites (tertiary alicyclic amines) is 1. The van der Waals surface area contributed by atoms with Gasteiger partial charge in [-0.15, -0.1) is 12.4 Å². The number of rotatable bonds is 7. The monoisotopic (exact) mass is 490 g/mol. The first-order valence-corrected chi connectivity index (χ1v) is 11.8. The van der Waals surface area contributed by atoms with E-state index in [4.69, 9.17) is 24.9 Å². The highest BCUT2D eigenvalue weighted by molar-refractivity contribution is 5.85. The van der Waals surface area contributed by atoms with E-state index in [9.17, 15) is 0 Å². The van der Waals surface area contributed by atoms with Gasteiger partial charge in [0.25, 0.3) is 0 Å². The van der Waals surface area contributed by atoms with Gasteiger partial charge in [-0.1, -0.05) is 48.5 Å². The molecule has 5 rings (SSSR count). The van der Waals surface area contributed by atoms with Gasteiger partial charge in [0.1, 0.15) is 5.69 Å². The predicted octanol–water partition coefficient (Wildman–Crippen LogP) is 5.67. The summed E-state index contributed by atoms with van der Waals surface area (Å²) >= 11 is 0. The smallest absolute Gasteiger partial charge is 0.232 e. The molecule has 1 aliphatic heterocycles. The lowest BCUT2D eigenvalue weighted by atomic mass is 9.98. The highest BCUT2D eigenvalue weighted by Gasteiger charge is 2.19. The Balaban J connectivity index is 0.00000289. The molecular weight excluding hydrogens is 460 g/mol. The molecule has 4 aromatic rings. The van der Waals surface area contributed by atoms with Crippen LogP contribution in [0.15, 0.2) is 77.7 Å². The Morgan fingerprint density at radius 1 is 0.914 bits per heavy atom. The second-order valence-corrected chi connectivity index (χ2v) is 8.95. The normalized spacial score (nSPS) is 14.5. The van der Waals surface area contributed by atoms with Crippen molar-refractivity contribution < 1.29 is 9.15 Å². The molecule has 0 radical (unpaired) electrons. The van der Waals surface area contributed by atoms with Crippen LogP contribution in [-0.2, 0) is 6.54 Å². The van der Waals surface area contributed by atoms with Crippen molar-refractivity contribution in [2.75, 3.05) is 26.7 Å². The maximum absolute atomic E-state index is 6.13. The van der Waals surface area contributed by atoms with E-state index in [2.05, 4.69) is 48.3 Å². The number of piperidine rings is 1. The number of benzene rings is 2. The zero-order valence-corrected chi connectivity index (χ0v) is 20.7. The molecule has 182 valence electrons. The first-order chi connectivity index (χ1) is 16.7. The van der Waals surface area contributed by atoms with Crippen molar-refractivity contribution in [2.45, 2.75) is 19.4 Å². The third-order valence-electron chi connectivity index (χ3n) is 6.53. The SMILES string of the molecule is CN1CCC(COc2cnc(-c3ccc(CN)cc3)c(-c3ccc(-c4ccoc4)cc3)n2)CC1.Cl. The van der Waals surface area contributed by atoms with Gasteiger partial charge in [-0.2, -0.15) is 0 Å². The molecule has 0 aliphatic carbocycles. The van der Waals surface area contributed by atoms with Crippen molar-refractivity contribution in [3.05, 3.63) is 78.9 Å². The van der Waals surface area contributed by atoms with Gasteiger partial charge in [0, 0.05) is 23.2 Å². The lowest BCUT2D eigenvalue weighted by Gasteiger charge is -2.28. The second-order valence-electron chi connectivity index (χ2n) is 8.95. The minimum Gasteiger partial charge on any atom is -0.476 e. The van der Waals surface area contributed by atoms with Crippen molar-refractivity contribution in [1.82, 2.24) is 14.9 Å². The molecule has 0 unspecified atom stereocenters. The zero-order chi connectivity index (χ0) is 23.3. The van der Waals surface area contributed by atoms with E-state index in [0.717, 1.165) is 65.1 Å². The zero-order valence-electron chi connectivity index (χ0n) is 19.9. The summed E-state index contributed by atoms with van der Waals surface area (Å²) in [6, 6.07) is 18.4. The average molecular weight is 491 g/mol. The summed E-state index contributed by atoms with van der Waals surface area (Å²) in [5.74, 6) is 1.12. The number of hydrogen-bond acceptors (Lipinski definition) is 6. The molecule has 2 aromatic carbocycles. The van der Waals surface area contributed by atoms with Crippen LogP contribution in [0.1, 0.15) is 18.4 Å². The molecule has 7 heteroatoms. The van der Waals surface area contributed by atoms with E-state index in [1.807, 2.05) is 18.2 Å². The van der Waals surface area contributed by atoms with Crippen LogP contribution in [0.3, 0.4) is 0 Å². The van der Waals surface area contributed by atoms with Gasteiger partial charge in [0.15, 0.2) is 0 Å². The Bertz CT molecular complexity index is 1200. The fourth-order valence-electron chi connectivity index (χ4n) is 4.33. The molecule has 0 bridgehead atoms. The molecule has 6 nitrogen and oxygen atoms in total. The van der Waals surface area contributed by atoms with E-state index >= 15 is 0 Å². The van der Waals surface area contributed by atoms with Crippen LogP contribution in [0.25, 0.3) is 33.6 Å². The van der Waals surface area contributed by atoms with E-state index in [0.29, 0.717) is 24.9 Å². The summed E-state index contributed by atoms with van der Waals surface area (Å²) in [4.78, 5) is 12.1. The predicted molar refractivity (Wildman–Crippen MR) is 141 cm³/mol. The number of halogens is 1. The summed E-state index contributed by atoms with van der Waals surface area (Å²) in [6.45, 7) is 3.42. The van der Waals surface area contributed by atoms with Gasteiger partial charge in [0.2, 0.25) is 5.88 Å². The van der Waals surface area contributed by atoms with E-state index < -0.39 is 0 Å². The number of nitrogens with zero attached hydrogens (tertiary/aromatic N) is 3. The van der Waals surface area contributed by atoms with Crippen LogP contribution in [0.5, 0.6) is 5.88 Å². The van der Waals surface area contributed by atoms with Crippen LogP contribution in [0, 0.1) is 5.92 Å². The van der Waals surface area contributed by atoms with Gasteiger partial charge < -0.3 is 19.8 Å². The van der Waals surface area contributed by atoms with Gasteiger partial charge in [-0.25, -0.2) is 9.97 Å². The molecule has 1 saturated heterocycles. The summed E-state index contributed by atoms with van der Waals surface area (Å²) in [5.41, 5.74) is 12.6. The van der Waals surface area contributed by atoms with E-state index in [1.54, 1.807) is 18.7 Å². The van der Waals surface area contributed by atoms with Crippen LogP contribution in [0.4, 0.5) is 0 Å². The molecule has 1 aliphatic rings. The molecule has 3 heterocycles. The number of ether oxygens (including phenoxy) is 1. The Hall–Kier alpha value is -3.19. The van der Waals surface area contributed by atoms with Gasteiger partial charge in [-0.05, 0) is 56.1 Å². The highest BCUT2D eigenvalue weighted by Crippen LogP contribution is 2.32. The minimum atomic E-state index is 0. The molecule has 0 atom stereocenters. The quantitative estimate of drug-likeness (QED) is 0.359. The van der Waals surface area contributed by atoms with Gasteiger partial charge in [-0.3, -0.25) is 0 Å². The van der Waals surface area contributed by atoms with Gasteiger partial charge in [0.05, 0.1) is 31.0 Å².